The highest BCUT2D eigenvalue weighted by atomic mass is 32.2. The van der Waals surface area contributed by atoms with Gasteiger partial charge in [0.05, 0.1) is 6.10 Å². The van der Waals surface area contributed by atoms with Gasteiger partial charge in [-0.1, -0.05) is 42.5 Å². The zero-order valence-electron chi connectivity index (χ0n) is 18.4. The van der Waals surface area contributed by atoms with Gasteiger partial charge in [-0.3, -0.25) is 0 Å². The zero-order valence-corrected chi connectivity index (χ0v) is 19.3. The van der Waals surface area contributed by atoms with Crippen molar-refractivity contribution < 1.29 is 17.9 Å². The summed E-state index contributed by atoms with van der Waals surface area (Å²) in [7, 11) is -3.42. The molecule has 4 rings (SSSR count). The molecule has 0 bridgehead atoms. The van der Waals surface area contributed by atoms with E-state index in [2.05, 4.69) is 6.92 Å². The number of hydrogen-bond donors (Lipinski definition) is 0. The fourth-order valence-electron chi connectivity index (χ4n) is 4.70. The van der Waals surface area contributed by atoms with Crippen LogP contribution in [-0.4, -0.2) is 38.1 Å². The summed E-state index contributed by atoms with van der Waals surface area (Å²) in [5.41, 5.74) is 1.86. The van der Waals surface area contributed by atoms with E-state index in [1.54, 1.807) is 4.31 Å². The Kier molecular flexibility index (Phi) is 6.99. The van der Waals surface area contributed by atoms with Gasteiger partial charge in [0.25, 0.3) is 0 Å². The minimum absolute atomic E-state index is 0.00516. The lowest BCUT2D eigenvalue weighted by Crippen LogP contribution is -2.44. The van der Waals surface area contributed by atoms with E-state index in [0.717, 1.165) is 49.4 Å². The summed E-state index contributed by atoms with van der Waals surface area (Å²) in [5.74, 6) is 1.35. The highest BCUT2D eigenvalue weighted by Gasteiger charge is 2.40. The van der Waals surface area contributed by atoms with Crippen LogP contribution in [0.3, 0.4) is 0 Å². The molecule has 0 aromatic heterocycles. The minimum Gasteiger partial charge on any atom is -0.490 e. The van der Waals surface area contributed by atoms with Gasteiger partial charge in [-0.2, -0.15) is 4.31 Å². The summed E-state index contributed by atoms with van der Waals surface area (Å²) < 4.78 is 40.1. The minimum atomic E-state index is -3.42. The van der Waals surface area contributed by atoms with E-state index in [9.17, 15) is 8.42 Å². The molecule has 3 atom stereocenters. The van der Waals surface area contributed by atoms with Crippen LogP contribution in [0, 0.1) is 5.92 Å². The summed E-state index contributed by atoms with van der Waals surface area (Å²) in [6.45, 7) is 6.14. The molecule has 2 fully saturated rings. The highest BCUT2D eigenvalue weighted by Crippen LogP contribution is 2.38. The molecule has 0 radical (unpaired) electrons. The molecular weight excluding hydrogens is 410 g/mol. The van der Waals surface area contributed by atoms with Gasteiger partial charge in [0.15, 0.2) is 0 Å². The largest absolute Gasteiger partial charge is 0.490 e. The van der Waals surface area contributed by atoms with E-state index in [0.29, 0.717) is 18.9 Å². The van der Waals surface area contributed by atoms with Gasteiger partial charge >= 0.3 is 0 Å². The number of benzene rings is 2. The van der Waals surface area contributed by atoms with Gasteiger partial charge in [0.1, 0.15) is 11.0 Å². The molecule has 0 amide bonds. The quantitative estimate of drug-likeness (QED) is 0.635. The van der Waals surface area contributed by atoms with Crippen molar-refractivity contribution in [1.82, 2.24) is 4.31 Å². The van der Waals surface area contributed by atoms with Crippen LogP contribution < -0.4 is 4.74 Å². The van der Waals surface area contributed by atoms with E-state index in [1.807, 2.05) is 61.5 Å². The van der Waals surface area contributed by atoms with Crippen LogP contribution in [0.15, 0.2) is 54.6 Å². The molecule has 0 saturated carbocycles. The average molecular weight is 444 g/mol. The molecule has 0 aliphatic carbocycles. The lowest BCUT2D eigenvalue weighted by Gasteiger charge is -2.37. The van der Waals surface area contributed by atoms with Crippen molar-refractivity contribution in [1.29, 1.82) is 0 Å². The maximum atomic E-state index is 13.4. The summed E-state index contributed by atoms with van der Waals surface area (Å²) in [4.78, 5) is 0. The van der Waals surface area contributed by atoms with E-state index in [1.165, 1.54) is 0 Å². The smallest absolute Gasteiger partial charge is 0.221 e. The van der Waals surface area contributed by atoms with Crippen LogP contribution in [0.25, 0.3) is 0 Å². The second-order valence-electron chi connectivity index (χ2n) is 8.83. The number of ether oxygens (including phenoxy) is 2. The van der Waals surface area contributed by atoms with E-state index in [4.69, 9.17) is 9.47 Å². The summed E-state index contributed by atoms with van der Waals surface area (Å²) in [6.07, 6.45) is 3.74. The van der Waals surface area contributed by atoms with Crippen molar-refractivity contribution in [2.24, 2.45) is 5.92 Å². The summed E-state index contributed by atoms with van der Waals surface area (Å²) >= 11 is 0. The lowest BCUT2D eigenvalue weighted by atomic mass is 9.95. The van der Waals surface area contributed by atoms with Crippen molar-refractivity contribution in [2.75, 3.05) is 13.2 Å². The first-order chi connectivity index (χ1) is 14.9. The van der Waals surface area contributed by atoms with E-state index in [-0.39, 0.29) is 12.1 Å². The molecule has 168 valence electrons. The summed E-state index contributed by atoms with van der Waals surface area (Å²) in [5, 5.41) is -0.465. The van der Waals surface area contributed by atoms with Gasteiger partial charge in [-0.15, -0.1) is 0 Å². The summed E-state index contributed by atoms with van der Waals surface area (Å²) in [6, 6.07) is 17.5. The molecule has 2 aliphatic heterocycles. The number of rotatable bonds is 6. The normalized spacial score (nSPS) is 25.7. The molecule has 2 saturated heterocycles. The zero-order chi connectivity index (χ0) is 21.8. The van der Waals surface area contributed by atoms with Crippen LogP contribution in [-0.2, 0) is 21.3 Å². The molecule has 0 N–H and O–H groups in total. The van der Waals surface area contributed by atoms with Crippen LogP contribution in [0.5, 0.6) is 5.75 Å². The first-order valence-electron chi connectivity index (χ1n) is 11.3. The Morgan fingerprint density at radius 3 is 2.35 bits per heavy atom. The molecule has 2 unspecified atom stereocenters. The molecule has 2 aromatic rings. The Balaban J connectivity index is 1.44. The SMILES string of the molecule is CC(Oc1ccc(CN2[C@@H](C)CCC(c3ccccc3)S2(=O)=O)cc1)C1CCOCC1. The molecule has 2 heterocycles. The van der Waals surface area contributed by atoms with Gasteiger partial charge in [-0.05, 0) is 68.7 Å². The van der Waals surface area contributed by atoms with Gasteiger partial charge < -0.3 is 9.47 Å². The molecule has 2 aliphatic rings. The number of hydrogen-bond acceptors (Lipinski definition) is 4. The Bertz CT molecular complexity index is 939. The third-order valence-electron chi connectivity index (χ3n) is 6.71. The highest BCUT2D eigenvalue weighted by molar-refractivity contribution is 7.89. The topological polar surface area (TPSA) is 55.8 Å². The molecule has 2 aromatic carbocycles. The van der Waals surface area contributed by atoms with Crippen molar-refractivity contribution in [3.63, 3.8) is 0 Å². The van der Waals surface area contributed by atoms with Crippen LogP contribution in [0.4, 0.5) is 0 Å². The monoisotopic (exact) mass is 443 g/mol. The first kappa shape index (κ1) is 22.3. The maximum absolute atomic E-state index is 13.4. The molecular formula is C25H33NO4S. The number of nitrogens with zero attached hydrogens (tertiary/aromatic N) is 1. The molecule has 0 spiro atoms. The van der Waals surface area contributed by atoms with Crippen molar-refractivity contribution in [3.05, 3.63) is 65.7 Å². The standard InChI is InChI=1S/C25H33NO4S/c1-19-8-13-25(23-6-4-3-5-7-23)31(27,28)26(19)18-21-9-11-24(12-10-21)30-20(2)22-14-16-29-17-15-22/h3-7,9-12,19-20,22,25H,8,13-18H2,1-2H3/t19-,20?,25?/m0/s1. The fraction of sp³-hybridized carbons (Fsp3) is 0.520. The van der Waals surface area contributed by atoms with Crippen molar-refractivity contribution in [2.45, 2.75) is 63.5 Å². The Morgan fingerprint density at radius 2 is 1.68 bits per heavy atom. The first-order valence-corrected chi connectivity index (χ1v) is 12.8. The Hall–Kier alpha value is -1.89. The molecule has 6 heteroatoms. The van der Waals surface area contributed by atoms with Gasteiger partial charge in [0.2, 0.25) is 10.0 Å². The van der Waals surface area contributed by atoms with Crippen LogP contribution in [0.2, 0.25) is 0 Å². The third kappa shape index (κ3) is 5.13. The second-order valence-corrected chi connectivity index (χ2v) is 10.9. The van der Waals surface area contributed by atoms with Crippen LogP contribution >= 0.6 is 0 Å². The average Bonchev–Trinajstić information content (AvgIpc) is 2.79. The fourth-order valence-corrected chi connectivity index (χ4v) is 6.90. The Morgan fingerprint density at radius 1 is 1.00 bits per heavy atom. The van der Waals surface area contributed by atoms with Gasteiger partial charge in [0, 0.05) is 25.8 Å². The van der Waals surface area contributed by atoms with Crippen LogP contribution in [0.1, 0.15) is 55.9 Å². The van der Waals surface area contributed by atoms with Crippen molar-refractivity contribution in [3.8, 4) is 5.75 Å². The molecule has 5 nitrogen and oxygen atoms in total. The lowest BCUT2D eigenvalue weighted by molar-refractivity contribution is 0.0239. The van der Waals surface area contributed by atoms with Gasteiger partial charge in [-0.25, -0.2) is 8.42 Å². The van der Waals surface area contributed by atoms with E-state index >= 15 is 0 Å². The maximum Gasteiger partial charge on any atom is 0.221 e. The van der Waals surface area contributed by atoms with Crippen molar-refractivity contribution >= 4 is 10.0 Å². The van der Waals surface area contributed by atoms with E-state index < -0.39 is 15.3 Å². The third-order valence-corrected chi connectivity index (χ3v) is 9.08. The second kappa shape index (κ2) is 9.72. The predicted octanol–water partition coefficient (Wildman–Crippen LogP) is 4.94. The number of sulfonamides is 1. The Labute approximate surface area is 186 Å². The predicted molar refractivity (Wildman–Crippen MR) is 122 cm³/mol. The molecule has 31 heavy (non-hydrogen) atoms.